The Morgan fingerprint density at radius 2 is 2.20 bits per heavy atom. The zero-order chi connectivity index (χ0) is 17.6. The summed E-state index contributed by atoms with van der Waals surface area (Å²) in [7, 11) is 0. The number of nitrogens with zero attached hydrogens (tertiary/aromatic N) is 2. The van der Waals surface area contributed by atoms with Crippen LogP contribution in [0, 0.1) is 0 Å². The molecule has 7 heteroatoms. The van der Waals surface area contributed by atoms with E-state index in [9.17, 15) is 4.79 Å². The van der Waals surface area contributed by atoms with Crippen LogP contribution >= 0.6 is 0 Å². The largest absolute Gasteiger partial charge is 0.485 e. The van der Waals surface area contributed by atoms with Gasteiger partial charge < -0.3 is 19.9 Å². The lowest BCUT2D eigenvalue weighted by Crippen LogP contribution is -2.46. The monoisotopic (exact) mass is 344 g/mol. The molecule has 2 unspecified atom stereocenters. The number of benzene rings is 1. The first-order valence-electron chi connectivity index (χ1n) is 8.72. The fourth-order valence-corrected chi connectivity index (χ4v) is 2.87. The fourth-order valence-electron chi connectivity index (χ4n) is 2.87. The molecule has 2 atom stereocenters. The highest BCUT2D eigenvalue weighted by Gasteiger charge is 2.20. The van der Waals surface area contributed by atoms with Gasteiger partial charge in [-0.05, 0) is 50.6 Å². The second-order valence-electron chi connectivity index (χ2n) is 6.32. The smallest absolute Gasteiger partial charge is 0.251 e. The van der Waals surface area contributed by atoms with Crippen molar-refractivity contribution in [2.24, 2.45) is 0 Å². The summed E-state index contributed by atoms with van der Waals surface area (Å²) in [6, 6.07) is 7.76. The zero-order valence-corrected chi connectivity index (χ0v) is 14.6. The van der Waals surface area contributed by atoms with E-state index in [1.807, 2.05) is 6.92 Å². The third-order valence-corrected chi connectivity index (χ3v) is 4.26. The molecule has 0 radical (unpaired) electrons. The minimum Gasteiger partial charge on any atom is -0.485 e. The molecule has 1 aromatic carbocycles. The quantitative estimate of drug-likeness (QED) is 0.834. The van der Waals surface area contributed by atoms with Crippen LogP contribution in [0.2, 0.25) is 0 Å². The van der Waals surface area contributed by atoms with Gasteiger partial charge >= 0.3 is 0 Å². The molecule has 25 heavy (non-hydrogen) atoms. The molecule has 7 nitrogen and oxygen atoms in total. The van der Waals surface area contributed by atoms with E-state index in [0.29, 0.717) is 35.5 Å². The maximum atomic E-state index is 12.3. The molecule has 1 aliphatic rings. The predicted molar refractivity (Wildman–Crippen MR) is 92.4 cm³/mol. The van der Waals surface area contributed by atoms with E-state index in [4.69, 9.17) is 9.26 Å². The van der Waals surface area contributed by atoms with Gasteiger partial charge in [-0.25, -0.2) is 0 Å². The molecule has 3 rings (SSSR count). The molecule has 1 fully saturated rings. The van der Waals surface area contributed by atoms with Crippen LogP contribution in [-0.2, 0) is 13.0 Å². The van der Waals surface area contributed by atoms with Crippen molar-refractivity contribution in [1.82, 2.24) is 20.8 Å². The fraction of sp³-hybridized carbons (Fsp3) is 0.500. The Bertz CT molecular complexity index is 699. The Morgan fingerprint density at radius 1 is 1.40 bits per heavy atom. The molecule has 2 aromatic rings. The molecule has 1 aromatic heterocycles. The van der Waals surface area contributed by atoms with Crippen molar-refractivity contribution in [2.75, 3.05) is 6.54 Å². The maximum Gasteiger partial charge on any atom is 0.251 e. The van der Waals surface area contributed by atoms with Crippen LogP contribution in [0.25, 0.3) is 0 Å². The van der Waals surface area contributed by atoms with Crippen LogP contribution in [0.5, 0.6) is 5.75 Å². The molecule has 1 saturated heterocycles. The summed E-state index contributed by atoms with van der Waals surface area (Å²) < 4.78 is 10.7. The molecule has 0 aliphatic carbocycles. The van der Waals surface area contributed by atoms with E-state index in [2.05, 4.69) is 27.7 Å². The Kier molecular flexibility index (Phi) is 5.65. The van der Waals surface area contributed by atoms with Crippen molar-refractivity contribution in [1.29, 1.82) is 0 Å². The third-order valence-electron chi connectivity index (χ3n) is 4.26. The van der Waals surface area contributed by atoms with Gasteiger partial charge in [0.2, 0.25) is 11.7 Å². The molecule has 0 spiro atoms. The second-order valence-corrected chi connectivity index (χ2v) is 6.32. The second kappa shape index (κ2) is 8.11. The maximum absolute atomic E-state index is 12.3. The number of hydrogen-bond donors (Lipinski definition) is 2. The molecule has 1 amide bonds. The molecular formula is C18H24N4O3. The van der Waals surface area contributed by atoms with E-state index in [1.165, 1.54) is 0 Å². The lowest BCUT2D eigenvalue weighted by Gasteiger charge is -2.28. The van der Waals surface area contributed by atoms with Crippen LogP contribution in [-0.4, -0.2) is 34.7 Å². The summed E-state index contributed by atoms with van der Waals surface area (Å²) in [6.45, 7) is 5.26. The van der Waals surface area contributed by atoms with Gasteiger partial charge in [-0.3, -0.25) is 4.79 Å². The minimum atomic E-state index is -0.0450. The summed E-state index contributed by atoms with van der Waals surface area (Å²) >= 11 is 0. The first-order chi connectivity index (χ1) is 12.1. The molecule has 0 bridgehead atoms. The number of aromatic nitrogens is 2. The summed E-state index contributed by atoms with van der Waals surface area (Å²) in [6.07, 6.45) is 2.62. The van der Waals surface area contributed by atoms with Gasteiger partial charge in [-0.15, -0.1) is 0 Å². The van der Waals surface area contributed by atoms with Gasteiger partial charge in [0.05, 0.1) is 0 Å². The van der Waals surface area contributed by atoms with Crippen LogP contribution < -0.4 is 15.4 Å². The normalized spacial score (nSPS) is 20.2. The predicted octanol–water partition coefficient (Wildman–Crippen LogP) is 2.08. The average Bonchev–Trinajstić information content (AvgIpc) is 3.08. The molecule has 134 valence electrons. The van der Waals surface area contributed by atoms with Crippen molar-refractivity contribution < 1.29 is 14.1 Å². The summed E-state index contributed by atoms with van der Waals surface area (Å²) in [5.74, 6) is 1.72. The van der Waals surface area contributed by atoms with Crippen molar-refractivity contribution >= 4 is 5.91 Å². The number of ether oxygens (including phenoxy) is 1. The van der Waals surface area contributed by atoms with Crippen LogP contribution in [0.15, 0.2) is 28.8 Å². The minimum absolute atomic E-state index is 0.0450. The van der Waals surface area contributed by atoms with Crippen molar-refractivity contribution in [2.45, 2.75) is 51.8 Å². The highest BCUT2D eigenvalue weighted by Crippen LogP contribution is 2.15. The average molecular weight is 344 g/mol. The van der Waals surface area contributed by atoms with Gasteiger partial charge in [0.1, 0.15) is 5.75 Å². The number of piperidine rings is 1. The number of carbonyl (C=O) groups is 1. The van der Waals surface area contributed by atoms with Gasteiger partial charge in [0, 0.05) is 24.1 Å². The molecule has 0 saturated carbocycles. The van der Waals surface area contributed by atoms with Crippen LogP contribution in [0.3, 0.4) is 0 Å². The number of nitrogens with one attached hydrogen (secondary N) is 2. The van der Waals surface area contributed by atoms with E-state index in [-0.39, 0.29) is 18.6 Å². The van der Waals surface area contributed by atoms with Crippen molar-refractivity contribution in [3.05, 3.63) is 41.5 Å². The number of hydrogen-bond acceptors (Lipinski definition) is 6. The summed E-state index contributed by atoms with van der Waals surface area (Å²) in [5.41, 5.74) is 0.631. The van der Waals surface area contributed by atoms with E-state index in [1.54, 1.807) is 24.3 Å². The Hall–Kier alpha value is -2.41. The Morgan fingerprint density at radius 3 is 2.88 bits per heavy atom. The lowest BCUT2D eigenvalue weighted by atomic mass is 10.0. The first kappa shape index (κ1) is 17.4. The van der Waals surface area contributed by atoms with Gasteiger partial charge in [0.25, 0.3) is 5.91 Å². The summed E-state index contributed by atoms with van der Waals surface area (Å²) in [5, 5.41) is 10.3. The Balaban J connectivity index is 1.51. The molecule has 1 aliphatic heterocycles. The number of aryl methyl sites for hydroxylation is 1. The van der Waals surface area contributed by atoms with Crippen LogP contribution in [0.1, 0.15) is 48.8 Å². The van der Waals surface area contributed by atoms with E-state index < -0.39 is 0 Å². The van der Waals surface area contributed by atoms with Crippen molar-refractivity contribution in [3.63, 3.8) is 0 Å². The zero-order valence-electron chi connectivity index (χ0n) is 14.6. The number of amides is 1. The highest BCUT2D eigenvalue weighted by atomic mass is 16.5. The van der Waals surface area contributed by atoms with Crippen LogP contribution in [0.4, 0.5) is 0 Å². The van der Waals surface area contributed by atoms with E-state index in [0.717, 1.165) is 19.4 Å². The highest BCUT2D eigenvalue weighted by molar-refractivity contribution is 5.94. The molecule has 2 N–H and O–H groups in total. The topological polar surface area (TPSA) is 89.3 Å². The molecule has 2 heterocycles. The van der Waals surface area contributed by atoms with Gasteiger partial charge in [-0.2, -0.15) is 4.98 Å². The standard InChI is InChI=1S/C18H24N4O3/c1-3-17-21-16(22-25-17)11-24-15-6-4-13(5-7-15)18(23)20-14-8-9-19-12(2)10-14/h4-7,12,14,19H,3,8-11H2,1-2H3,(H,20,23). The van der Waals surface area contributed by atoms with Crippen molar-refractivity contribution in [3.8, 4) is 5.75 Å². The number of carbonyl (C=O) groups excluding carboxylic acids is 1. The Labute approximate surface area is 147 Å². The summed E-state index contributed by atoms with van der Waals surface area (Å²) in [4.78, 5) is 16.5. The SMILES string of the molecule is CCc1nc(COc2ccc(C(=O)NC3CCNC(C)C3)cc2)no1. The lowest BCUT2D eigenvalue weighted by molar-refractivity contribution is 0.0925. The first-order valence-corrected chi connectivity index (χ1v) is 8.72. The third kappa shape index (κ3) is 4.79. The van der Waals surface area contributed by atoms with E-state index >= 15 is 0 Å². The van der Waals surface area contributed by atoms with Gasteiger partial charge in [0.15, 0.2) is 6.61 Å². The van der Waals surface area contributed by atoms with Gasteiger partial charge in [-0.1, -0.05) is 12.1 Å². The number of rotatable bonds is 6. The molecular weight excluding hydrogens is 320 g/mol.